The summed E-state index contributed by atoms with van der Waals surface area (Å²) >= 11 is 1.45. The summed E-state index contributed by atoms with van der Waals surface area (Å²) in [6.07, 6.45) is 8.19. The first kappa shape index (κ1) is 16.3. The number of ketones is 1. The van der Waals surface area contributed by atoms with Gasteiger partial charge in [-0.05, 0) is 35.9 Å². The molecular weight excluding hydrogens is 324 g/mol. The summed E-state index contributed by atoms with van der Waals surface area (Å²) in [6, 6.07) is 9.70. The van der Waals surface area contributed by atoms with Crippen LogP contribution in [0.25, 0.3) is 0 Å². The highest BCUT2D eigenvalue weighted by Crippen LogP contribution is 2.49. The number of rotatable bonds is 4. The Morgan fingerprint density at radius 3 is 2.54 bits per heavy atom. The number of esters is 1. The lowest BCUT2D eigenvalue weighted by Crippen LogP contribution is -2.36. The normalized spacial score (nSPS) is 22.1. The van der Waals surface area contributed by atoms with Gasteiger partial charge in [-0.2, -0.15) is 0 Å². The SMILES string of the molecule is COC(=O)C12C=CC(OC)=CC=C1C(Sc1ccccc1)=CC2=O. The molecule has 0 heterocycles. The molecule has 0 saturated heterocycles. The average Bonchev–Trinajstić information content (AvgIpc) is 2.76. The number of carbonyl (C=O) groups is 2. The second-order valence-electron chi connectivity index (χ2n) is 5.27. The lowest BCUT2D eigenvalue weighted by atomic mass is 9.80. The summed E-state index contributed by atoms with van der Waals surface area (Å²) in [6.45, 7) is 0. The fourth-order valence-corrected chi connectivity index (χ4v) is 3.78. The third-order valence-corrected chi connectivity index (χ3v) is 5.03. The van der Waals surface area contributed by atoms with Crippen LogP contribution in [0.2, 0.25) is 0 Å². The second-order valence-corrected chi connectivity index (χ2v) is 6.39. The van der Waals surface area contributed by atoms with Crippen molar-refractivity contribution in [2.75, 3.05) is 14.2 Å². The van der Waals surface area contributed by atoms with Crippen molar-refractivity contribution < 1.29 is 19.1 Å². The van der Waals surface area contributed by atoms with E-state index < -0.39 is 11.4 Å². The predicted molar refractivity (Wildman–Crippen MR) is 92.2 cm³/mol. The van der Waals surface area contributed by atoms with Crippen LogP contribution in [0.3, 0.4) is 0 Å². The van der Waals surface area contributed by atoms with E-state index in [0.717, 1.165) is 9.80 Å². The van der Waals surface area contributed by atoms with E-state index in [1.165, 1.54) is 32.1 Å². The molecule has 0 amide bonds. The standard InChI is InChI=1S/C19H16O4S/c1-22-13-8-9-15-16(24-14-6-4-3-5-7-14)12-17(20)19(15,11-10-13)18(21)23-2/h3-12H,1-2H3. The smallest absolute Gasteiger partial charge is 0.328 e. The van der Waals surface area contributed by atoms with Gasteiger partial charge in [0.25, 0.3) is 0 Å². The van der Waals surface area contributed by atoms with Crippen molar-refractivity contribution in [1.82, 2.24) is 0 Å². The van der Waals surface area contributed by atoms with E-state index in [0.29, 0.717) is 11.3 Å². The fraction of sp³-hybridized carbons (Fsp3) is 0.158. The zero-order valence-electron chi connectivity index (χ0n) is 13.3. The van der Waals surface area contributed by atoms with Crippen LogP contribution >= 0.6 is 11.8 Å². The molecule has 0 aliphatic heterocycles. The lowest BCUT2D eigenvalue weighted by molar-refractivity contribution is -0.150. The topological polar surface area (TPSA) is 52.6 Å². The van der Waals surface area contributed by atoms with Gasteiger partial charge in [0.15, 0.2) is 11.2 Å². The van der Waals surface area contributed by atoms with Gasteiger partial charge in [0.2, 0.25) is 0 Å². The Balaban J connectivity index is 2.07. The van der Waals surface area contributed by atoms with Gasteiger partial charge >= 0.3 is 5.97 Å². The number of carbonyl (C=O) groups excluding carboxylic acids is 2. The number of hydrogen-bond donors (Lipinski definition) is 0. The van der Waals surface area contributed by atoms with Gasteiger partial charge in [0.05, 0.1) is 14.2 Å². The van der Waals surface area contributed by atoms with Crippen LogP contribution in [0, 0.1) is 5.41 Å². The minimum absolute atomic E-state index is 0.305. The highest BCUT2D eigenvalue weighted by Gasteiger charge is 2.52. The van der Waals surface area contributed by atoms with Crippen molar-refractivity contribution in [3.8, 4) is 0 Å². The molecule has 1 aromatic carbocycles. The molecule has 3 rings (SSSR count). The first-order chi connectivity index (χ1) is 11.6. The highest BCUT2D eigenvalue weighted by atomic mass is 32.2. The number of methoxy groups -OCH3 is 2. The molecule has 2 aliphatic rings. The molecule has 0 aromatic heterocycles. The van der Waals surface area contributed by atoms with E-state index in [1.807, 2.05) is 30.3 Å². The molecule has 1 atom stereocenters. The van der Waals surface area contributed by atoms with E-state index >= 15 is 0 Å². The Labute approximate surface area is 144 Å². The first-order valence-electron chi connectivity index (χ1n) is 7.35. The molecule has 122 valence electrons. The van der Waals surface area contributed by atoms with Crippen molar-refractivity contribution in [3.63, 3.8) is 0 Å². The number of ether oxygens (including phenoxy) is 2. The van der Waals surface area contributed by atoms with E-state index in [2.05, 4.69) is 0 Å². The quantitative estimate of drug-likeness (QED) is 0.621. The summed E-state index contributed by atoms with van der Waals surface area (Å²) in [7, 11) is 2.82. The molecule has 0 spiro atoms. The van der Waals surface area contributed by atoms with Gasteiger partial charge in [-0.3, -0.25) is 9.59 Å². The van der Waals surface area contributed by atoms with Crippen molar-refractivity contribution >= 4 is 23.5 Å². The number of fused-ring (bicyclic) bond motifs is 1. The third kappa shape index (κ3) is 2.61. The van der Waals surface area contributed by atoms with Gasteiger partial charge in [-0.1, -0.05) is 42.1 Å². The van der Waals surface area contributed by atoms with Gasteiger partial charge in [-0.25, -0.2) is 0 Å². The molecule has 0 bridgehead atoms. The minimum atomic E-state index is -1.44. The van der Waals surface area contributed by atoms with E-state index in [4.69, 9.17) is 9.47 Å². The summed E-state index contributed by atoms with van der Waals surface area (Å²) in [5, 5.41) is 0. The molecular formula is C19H16O4S. The molecule has 0 saturated carbocycles. The van der Waals surface area contributed by atoms with Crippen LogP contribution in [0.15, 0.2) is 81.8 Å². The lowest BCUT2D eigenvalue weighted by Gasteiger charge is -2.23. The zero-order chi connectivity index (χ0) is 17.2. The maximum Gasteiger partial charge on any atom is 0.328 e. The third-order valence-electron chi connectivity index (χ3n) is 3.97. The van der Waals surface area contributed by atoms with Crippen LogP contribution in [0.1, 0.15) is 0 Å². The van der Waals surface area contributed by atoms with Crippen LogP contribution in [0.5, 0.6) is 0 Å². The average molecular weight is 340 g/mol. The van der Waals surface area contributed by atoms with Crippen molar-refractivity contribution in [2.45, 2.75) is 4.90 Å². The Morgan fingerprint density at radius 2 is 1.88 bits per heavy atom. The van der Waals surface area contributed by atoms with Crippen LogP contribution in [0.4, 0.5) is 0 Å². The Hall–Kier alpha value is -2.53. The molecule has 2 aliphatic carbocycles. The van der Waals surface area contributed by atoms with Gasteiger partial charge in [0, 0.05) is 9.80 Å². The maximum absolute atomic E-state index is 12.7. The van der Waals surface area contributed by atoms with Crippen LogP contribution in [-0.2, 0) is 19.1 Å². The monoisotopic (exact) mass is 340 g/mol. The zero-order valence-corrected chi connectivity index (χ0v) is 14.1. The number of hydrogen-bond acceptors (Lipinski definition) is 5. The summed E-state index contributed by atoms with van der Waals surface area (Å²) in [5.41, 5.74) is -0.834. The molecule has 4 nitrogen and oxygen atoms in total. The number of allylic oxidation sites excluding steroid dienone is 5. The van der Waals surface area contributed by atoms with E-state index in [9.17, 15) is 9.59 Å². The van der Waals surface area contributed by atoms with Crippen molar-refractivity contribution in [2.24, 2.45) is 5.41 Å². The molecule has 1 aromatic rings. The van der Waals surface area contributed by atoms with Gasteiger partial charge in [-0.15, -0.1) is 0 Å². The van der Waals surface area contributed by atoms with Gasteiger partial charge in [0.1, 0.15) is 5.76 Å². The van der Waals surface area contributed by atoms with E-state index in [-0.39, 0.29) is 5.78 Å². The molecule has 1 unspecified atom stereocenters. The Bertz CT molecular complexity index is 802. The second kappa shape index (κ2) is 6.53. The maximum atomic E-state index is 12.7. The number of thioether (sulfide) groups is 1. The van der Waals surface area contributed by atoms with E-state index in [1.54, 1.807) is 24.3 Å². The van der Waals surface area contributed by atoms with Crippen molar-refractivity contribution in [1.29, 1.82) is 0 Å². The fourth-order valence-electron chi connectivity index (χ4n) is 2.73. The van der Waals surface area contributed by atoms with Crippen molar-refractivity contribution in [3.05, 3.63) is 76.9 Å². The molecule has 5 heteroatoms. The largest absolute Gasteiger partial charge is 0.497 e. The number of benzene rings is 1. The Kier molecular flexibility index (Phi) is 4.44. The predicted octanol–water partition coefficient (Wildman–Crippen LogP) is 3.43. The molecule has 24 heavy (non-hydrogen) atoms. The molecule has 0 fully saturated rings. The summed E-state index contributed by atoms with van der Waals surface area (Å²) < 4.78 is 10.2. The van der Waals surface area contributed by atoms with Gasteiger partial charge < -0.3 is 9.47 Å². The summed E-state index contributed by atoms with van der Waals surface area (Å²) in [4.78, 5) is 26.9. The molecule has 0 N–H and O–H groups in total. The summed E-state index contributed by atoms with van der Waals surface area (Å²) in [5.74, 6) is -0.335. The van der Waals surface area contributed by atoms with Crippen LogP contribution < -0.4 is 0 Å². The van der Waals surface area contributed by atoms with Crippen LogP contribution in [-0.4, -0.2) is 26.0 Å². The minimum Gasteiger partial charge on any atom is -0.497 e. The highest BCUT2D eigenvalue weighted by molar-refractivity contribution is 8.03. The first-order valence-corrected chi connectivity index (χ1v) is 8.17. The molecule has 0 radical (unpaired) electrons. The Morgan fingerprint density at radius 1 is 1.12 bits per heavy atom.